The summed E-state index contributed by atoms with van der Waals surface area (Å²) in [6.45, 7) is 4.47. The molecule has 1 heterocycles. The molecule has 0 spiro atoms. The van der Waals surface area contributed by atoms with E-state index in [1.54, 1.807) is 12.3 Å². The van der Waals surface area contributed by atoms with Crippen molar-refractivity contribution in [1.82, 2.24) is 9.88 Å². The number of carbonyl (C=O) groups is 2. The van der Waals surface area contributed by atoms with Gasteiger partial charge in [-0.2, -0.15) is 0 Å². The van der Waals surface area contributed by atoms with Gasteiger partial charge in [-0.1, -0.05) is 13.8 Å². The third kappa shape index (κ3) is 3.40. The van der Waals surface area contributed by atoms with Gasteiger partial charge >= 0.3 is 5.97 Å². The number of rotatable bonds is 4. The Bertz CT molecular complexity index is 495. The molecule has 1 fully saturated rings. The zero-order valence-corrected chi connectivity index (χ0v) is 12.0. The maximum atomic E-state index is 12.1. The molecule has 0 bridgehead atoms. The van der Waals surface area contributed by atoms with Crippen molar-refractivity contribution in [2.24, 2.45) is 11.8 Å². The first kappa shape index (κ1) is 14.6. The molecule has 2 N–H and O–H groups in total. The number of nitrogens with zero attached hydrogens (tertiary/aromatic N) is 1. The number of hydrogen-bond donors (Lipinski definition) is 2. The van der Waals surface area contributed by atoms with Crippen molar-refractivity contribution >= 4 is 11.9 Å². The highest BCUT2D eigenvalue weighted by Gasteiger charge is 2.26. The largest absolute Gasteiger partial charge is 0.477 e. The van der Waals surface area contributed by atoms with Crippen LogP contribution in [-0.2, 0) is 11.3 Å². The summed E-state index contributed by atoms with van der Waals surface area (Å²) in [5, 5.41) is 12.0. The molecule has 3 atom stereocenters. The van der Waals surface area contributed by atoms with E-state index in [2.05, 4.69) is 19.2 Å². The van der Waals surface area contributed by atoms with Crippen molar-refractivity contribution in [2.45, 2.75) is 45.7 Å². The van der Waals surface area contributed by atoms with E-state index in [4.69, 9.17) is 5.11 Å². The van der Waals surface area contributed by atoms with Crippen LogP contribution in [0.5, 0.6) is 0 Å². The third-order valence-electron chi connectivity index (χ3n) is 4.14. The molecule has 2 rings (SSSR count). The van der Waals surface area contributed by atoms with Gasteiger partial charge in [0.2, 0.25) is 5.91 Å². The van der Waals surface area contributed by atoms with Gasteiger partial charge in [-0.05, 0) is 43.2 Å². The van der Waals surface area contributed by atoms with Gasteiger partial charge in [0, 0.05) is 12.2 Å². The SMILES string of the molecule is CC1CCC(NC(=O)Cn2cccc2C(=O)O)C(C)C1. The minimum absolute atomic E-state index is 0.0629. The molecule has 0 aromatic carbocycles. The lowest BCUT2D eigenvalue weighted by Gasteiger charge is -2.33. The molecule has 1 aromatic rings. The lowest BCUT2D eigenvalue weighted by atomic mass is 9.80. The number of carboxylic acids is 1. The van der Waals surface area contributed by atoms with Crippen LogP contribution in [0.15, 0.2) is 18.3 Å². The summed E-state index contributed by atoms with van der Waals surface area (Å²) < 4.78 is 1.47. The van der Waals surface area contributed by atoms with Gasteiger partial charge in [-0.25, -0.2) is 4.79 Å². The highest BCUT2D eigenvalue weighted by Crippen LogP contribution is 2.28. The number of carboxylic acid groups (broad SMARTS) is 1. The molecule has 1 amide bonds. The van der Waals surface area contributed by atoms with Gasteiger partial charge in [0.1, 0.15) is 12.2 Å². The second-order valence-electron chi connectivity index (χ2n) is 5.90. The fourth-order valence-corrected chi connectivity index (χ4v) is 3.03. The third-order valence-corrected chi connectivity index (χ3v) is 4.14. The van der Waals surface area contributed by atoms with E-state index < -0.39 is 5.97 Å². The monoisotopic (exact) mass is 278 g/mol. The number of hydrogen-bond acceptors (Lipinski definition) is 2. The van der Waals surface area contributed by atoms with Crippen molar-refractivity contribution in [3.63, 3.8) is 0 Å². The topological polar surface area (TPSA) is 71.3 Å². The van der Waals surface area contributed by atoms with E-state index in [0.717, 1.165) is 25.2 Å². The first-order valence-corrected chi connectivity index (χ1v) is 7.15. The van der Waals surface area contributed by atoms with Crippen LogP contribution in [0.25, 0.3) is 0 Å². The predicted molar refractivity (Wildman–Crippen MR) is 75.5 cm³/mol. The summed E-state index contributed by atoms with van der Waals surface area (Å²) in [6.07, 6.45) is 4.90. The molecule has 1 aliphatic rings. The summed E-state index contributed by atoms with van der Waals surface area (Å²) in [6, 6.07) is 3.35. The first-order chi connectivity index (χ1) is 9.47. The minimum atomic E-state index is -1.01. The molecule has 110 valence electrons. The fraction of sp³-hybridized carbons (Fsp3) is 0.600. The number of nitrogens with one attached hydrogen (secondary N) is 1. The van der Waals surface area contributed by atoms with E-state index in [9.17, 15) is 9.59 Å². The van der Waals surface area contributed by atoms with Gasteiger partial charge in [0.05, 0.1) is 0 Å². The molecular formula is C15H22N2O3. The number of aromatic nitrogens is 1. The van der Waals surface area contributed by atoms with Crippen molar-refractivity contribution in [3.8, 4) is 0 Å². The maximum absolute atomic E-state index is 12.1. The summed E-state index contributed by atoms with van der Waals surface area (Å²) in [4.78, 5) is 23.0. The first-order valence-electron chi connectivity index (χ1n) is 7.15. The molecule has 0 saturated heterocycles. The van der Waals surface area contributed by atoms with Crippen LogP contribution in [0.4, 0.5) is 0 Å². The Morgan fingerprint density at radius 3 is 2.80 bits per heavy atom. The van der Waals surface area contributed by atoms with E-state index in [0.29, 0.717) is 5.92 Å². The van der Waals surface area contributed by atoms with E-state index >= 15 is 0 Å². The molecular weight excluding hydrogens is 256 g/mol. The molecule has 5 nitrogen and oxygen atoms in total. The summed E-state index contributed by atoms with van der Waals surface area (Å²) in [7, 11) is 0. The zero-order chi connectivity index (χ0) is 14.7. The van der Waals surface area contributed by atoms with Gasteiger partial charge in [-0.15, -0.1) is 0 Å². The average molecular weight is 278 g/mol. The van der Waals surface area contributed by atoms with Crippen molar-refractivity contribution in [2.75, 3.05) is 0 Å². The molecule has 0 radical (unpaired) electrons. The van der Waals surface area contributed by atoms with Gasteiger partial charge < -0.3 is 15.0 Å². The van der Waals surface area contributed by atoms with E-state index in [1.165, 1.54) is 10.6 Å². The number of amides is 1. The van der Waals surface area contributed by atoms with E-state index in [-0.39, 0.29) is 24.2 Å². The normalized spacial score (nSPS) is 26.2. The summed E-state index contributed by atoms with van der Waals surface area (Å²) in [5.41, 5.74) is 0.144. The fourth-order valence-electron chi connectivity index (χ4n) is 3.03. The summed E-state index contributed by atoms with van der Waals surface area (Å²) >= 11 is 0. The second kappa shape index (κ2) is 6.11. The molecule has 20 heavy (non-hydrogen) atoms. The molecule has 1 saturated carbocycles. The van der Waals surface area contributed by atoms with Crippen LogP contribution in [0.2, 0.25) is 0 Å². The Balaban J connectivity index is 1.92. The van der Waals surface area contributed by atoms with Crippen molar-refractivity contribution in [3.05, 3.63) is 24.0 Å². The van der Waals surface area contributed by atoms with Crippen molar-refractivity contribution < 1.29 is 14.7 Å². The van der Waals surface area contributed by atoms with Crippen LogP contribution in [0.3, 0.4) is 0 Å². The highest BCUT2D eigenvalue weighted by atomic mass is 16.4. The predicted octanol–water partition coefficient (Wildman–Crippen LogP) is 2.13. The Morgan fingerprint density at radius 2 is 2.15 bits per heavy atom. The average Bonchev–Trinajstić information content (AvgIpc) is 2.81. The quantitative estimate of drug-likeness (QED) is 0.886. The lowest BCUT2D eigenvalue weighted by Crippen LogP contribution is -2.43. The van der Waals surface area contributed by atoms with Crippen molar-refractivity contribution in [1.29, 1.82) is 0 Å². The molecule has 1 aliphatic carbocycles. The maximum Gasteiger partial charge on any atom is 0.352 e. The Kier molecular flexibility index (Phi) is 4.47. The number of aromatic carboxylic acids is 1. The van der Waals surface area contributed by atoms with Crippen LogP contribution in [0.1, 0.15) is 43.6 Å². The zero-order valence-electron chi connectivity index (χ0n) is 12.0. The van der Waals surface area contributed by atoms with Crippen LogP contribution < -0.4 is 5.32 Å². The molecule has 5 heteroatoms. The Hall–Kier alpha value is -1.78. The van der Waals surface area contributed by atoms with Gasteiger partial charge in [0.25, 0.3) is 0 Å². The molecule has 3 unspecified atom stereocenters. The van der Waals surface area contributed by atoms with Gasteiger partial charge in [-0.3, -0.25) is 4.79 Å². The van der Waals surface area contributed by atoms with Crippen LogP contribution in [-0.4, -0.2) is 27.6 Å². The van der Waals surface area contributed by atoms with Gasteiger partial charge in [0.15, 0.2) is 0 Å². The summed E-state index contributed by atoms with van der Waals surface area (Å²) in [5.74, 6) is 0.0743. The minimum Gasteiger partial charge on any atom is -0.477 e. The lowest BCUT2D eigenvalue weighted by molar-refractivity contribution is -0.123. The number of carbonyl (C=O) groups excluding carboxylic acids is 1. The van der Waals surface area contributed by atoms with Crippen LogP contribution in [0, 0.1) is 11.8 Å². The highest BCUT2D eigenvalue weighted by molar-refractivity contribution is 5.86. The smallest absolute Gasteiger partial charge is 0.352 e. The second-order valence-corrected chi connectivity index (χ2v) is 5.90. The molecule has 0 aliphatic heterocycles. The standard InChI is InChI=1S/C15H22N2O3/c1-10-5-6-12(11(2)8-10)16-14(18)9-17-7-3-4-13(17)15(19)20/h3-4,7,10-12H,5-6,8-9H2,1-2H3,(H,16,18)(H,19,20). The Labute approximate surface area is 119 Å². The van der Waals surface area contributed by atoms with Crippen LogP contribution >= 0.6 is 0 Å². The molecule has 1 aromatic heterocycles. The van der Waals surface area contributed by atoms with E-state index in [1.807, 2.05) is 0 Å². The Morgan fingerprint density at radius 1 is 1.40 bits per heavy atom.